The third-order valence-corrected chi connectivity index (χ3v) is 5.35. The number of nitrogens with zero attached hydrogens (tertiary/aromatic N) is 3. The quantitative estimate of drug-likeness (QED) is 0.498. The number of carbonyl (C=O) groups excluding carboxylic acids is 3. The lowest BCUT2D eigenvalue weighted by Crippen LogP contribution is -2.45. The molecule has 1 aliphatic heterocycles. The molecule has 1 unspecified atom stereocenters. The minimum absolute atomic E-state index is 0.319. The van der Waals surface area contributed by atoms with E-state index in [-0.39, 0.29) is 0 Å². The van der Waals surface area contributed by atoms with E-state index < -0.39 is 23.8 Å². The fourth-order valence-electron chi connectivity index (χ4n) is 2.33. The molecule has 124 valence electrons. The van der Waals surface area contributed by atoms with Gasteiger partial charge in [-0.05, 0) is 24.8 Å². The van der Waals surface area contributed by atoms with Crippen molar-refractivity contribution < 1.29 is 14.4 Å². The van der Waals surface area contributed by atoms with E-state index in [1.54, 1.807) is 24.3 Å². The highest BCUT2D eigenvalue weighted by Gasteiger charge is 2.40. The molecule has 9 heteroatoms. The second-order valence-electron chi connectivity index (χ2n) is 5.00. The molecule has 0 fully saturated rings. The predicted molar refractivity (Wildman–Crippen MR) is 91.3 cm³/mol. The lowest BCUT2D eigenvalue weighted by Gasteiger charge is -2.20. The minimum Gasteiger partial charge on any atom is -0.299 e. The van der Waals surface area contributed by atoms with Crippen LogP contribution in [0.3, 0.4) is 0 Å². The number of anilines is 1. The summed E-state index contributed by atoms with van der Waals surface area (Å²) in [5, 5.41) is 10.8. The average Bonchev–Trinajstić information content (AvgIpc) is 3.11. The van der Waals surface area contributed by atoms with Crippen molar-refractivity contribution in [3.8, 4) is 0 Å². The Labute approximate surface area is 146 Å². The zero-order chi connectivity index (χ0) is 17.3. The lowest BCUT2D eigenvalue weighted by atomic mass is 10.1. The van der Waals surface area contributed by atoms with E-state index in [9.17, 15) is 14.4 Å². The van der Waals surface area contributed by atoms with E-state index in [4.69, 9.17) is 0 Å². The van der Waals surface area contributed by atoms with Gasteiger partial charge in [0.1, 0.15) is 6.04 Å². The Hall–Kier alpha value is -2.26. The molecule has 0 saturated carbocycles. The summed E-state index contributed by atoms with van der Waals surface area (Å²) in [5.74, 6) is -0.544. The number of hydrogen-bond donors (Lipinski definition) is 1. The van der Waals surface area contributed by atoms with Gasteiger partial charge in [-0.3, -0.25) is 24.6 Å². The van der Waals surface area contributed by atoms with E-state index in [2.05, 4.69) is 15.5 Å². The molecule has 1 aromatic heterocycles. The van der Waals surface area contributed by atoms with Crippen LogP contribution in [0.1, 0.15) is 34.6 Å². The number of aromatic nitrogens is 2. The molecular formula is C15H14N4O3S2. The standard InChI is InChI=1S/C15H14N4O3S2/c1-3-23-15-18-17-14(24-15)16-11(20)8(2)19-12(21)9-6-4-5-7-10(9)13(19)22/h4-8H,3H2,1-2H3,(H,16,17,20). The maximum Gasteiger partial charge on any atom is 0.262 e. The van der Waals surface area contributed by atoms with Crippen molar-refractivity contribution in [2.24, 2.45) is 0 Å². The van der Waals surface area contributed by atoms with E-state index in [1.165, 1.54) is 30.0 Å². The van der Waals surface area contributed by atoms with Crippen LogP contribution in [0.2, 0.25) is 0 Å². The van der Waals surface area contributed by atoms with Gasteiger partial charge in [0, 0.05) is 0 Å². The summed E-state index contributed by atoms with van der Waals surface area (Å²) in [7, 11) is 0. The highest BCUT2D eigenvalue weighted by atomic mass is 32.2. The van der Waals surface area contributed by atoms with Crippen LogP contribution in [0.15, 0.2) is 28.6 Å². The molecule has 0 aliphatic carbocycles. The molecule has 1 aromatic carbocycles. The Balaban J connectivity index is 1.74. The minimum atomic E-state index is -0.941. The van der Waals surface area contributed by atoms with E-state index in [0.717, 1.165) is 15.0 Å². The van der Waals surface area contributed by atoms with Gasteiger partial charge in [0.05, 0.1) is 11.1 Å². The summed E-state index contributed by atoms with van der Waals surface area (Å²) in [5.41, 5.74) is 0.638. The fraction of sp³-hybridized carbons (Fsp3) is 0.267. The van der Waals surface area contributed by atoms with Crippen molar-refractivity contribution in [1.29, 1.82) is 0 Å². The van der Waals surface area contributed by atoms with Gasteiger partial charge in [0.15, 0.2) is 4.34 Å². The highest BCUT2D eigenvalue weighted by Crippen LogP contribution is 2.27. The zero-order valence-corrected chi connectivity index (χ0v) is 14.6. The number of amides is 3. The zero-order valence-electron chi connectivity index (χ0n) is 13.0. The topological polar surface area (TPSA) is 92.3 Å². The molecule has 0 bridgehead atoms. The SMILES string of the molecule is CCSc1nnc(NC(=O)C(C)N2C(=O)c3ccccc3C2=O)s1. The molecule has 7 nitrogen and oxygen atoms in total. The monoisotopic (exact) mass is 362 g/mol. The Bertz CT molecular complexity index is 786. The second-order valence-corrected chi connectivity index (χ2v) is 7.49. The largest absolute Gasteiger partial charge is 0.299 e. The van der Waals surface area contributed by atoms with Crippen molar-refractivity contribution in [3.05, 3.63) is 35.4 Å². The molecular weight excluding hydrogens is 348 g/mol. The normalized spacial score (nSPS) is 14.7. The Morgan fingerprint density at radius 1 is 1.25 bits per heavy atom. The first-order valence-electron chi connectivity index (χ1n) is 7.27. The first-order valence-corrected chi connectivity index (χ1v) is 9.07. The maximum absolute atomic E-state index is 12.4. The van der Waals surface area contributed by atoms with Gasteiger partial charge < -0.3 is 0 Å². The smallest absolute Gasteiger partial charge is 0.262 e. The van der Waals surface area contributed by atoms with Gasteiger partial charge in [-0.2, -0.15) is 0 Å². The van der Waals surface area contributed by atoms with Crippen molar-refractivity contribution in [2.75, 3.05) is 11.1 Å². The molecule has 3 amide bonds. The van der Waals surface area contributed by atoms with E-state index in [0.29, 0.717) is 16.3 Å². The molecule has 2 aromatic rings. The van der Waals surface area contributed by atoms with E-state index >= 15 is 0 Å². The molecule has 3 rings (SSSR count). The third-order valence-electron chi connectivity index (χ3n) is 3.50. The van der Waals surface area contributed by atoms with E-state index in [1.807, 2.05) is 6.92 Å². The third kappa shape index (κ3) is 2.92. The number of fused-ring (bicyclic) bond motifs is 1. The molecule has 1 atom stereocenters. The summed E-state index contributed by atoms with van der Waals surface area (Å²) >= 11 is 2.78. The molecule has 0 saturated heterocycles. The predicted octanol–water partition coefficient (Wildman–Crippen LogP) is 2.27. The number of imide groups is 1. The van der Waals surface area contributed by atoms with Crippen molar-refractivity contribution >= 4 is 46.0 Å². The van der Waals surface area contributed by atoms with Crippen LogP contribution in [0.4, 0.5) is 5.13 Å². The van der Waals surface area contributed by atoms with Crippen molar-refractivity contribution in [2.45, 2.75) is 24.2 Å². The summed E-state index contributed by atoms with van der Waals surface area (Å²) in [6.45, 7) is 3.51. The maximum atomic E-state index is 12.4. The number of hydrogen-bond acceptors (Lipinski definition) is 7. The second kappa shape index (κ2) is 6.70. The van der Waals surface area contributed by atoms with Crippen molar-refractivity contribution in [1.82, 2.24) is 15.1 Å². The van der Waals surface area contributed by atoms with Crippen LogP contribution in [-0.2, 0) is 4.79 Å². The molecule has 0 spiro atoms. The van der Waals surface area contributed by atoms with Gasteiger partial charge in [0.25, 0.3) is 11.8 Å². The number of benzene rings is 1. The Morgan fingerprint density at radius 3 is 2.46 bits per heavy atom. The summed E-state index contributed by atoms with van der Waals surface area (Å²) in [4.78, 5) is 38.1. The molecule has 1 N–H and O–H groups in total. The average molecular weight is 362 g/mol. The number of carbonyl (C=O) groups is 3. The molecule has 0 radical (unpaired) electrons. The van der Waals surface area contributed by atoms with Gasteiger partial charge in [0.2, 0.25) is 11.0 Å². The molecule has 24 heavy (non-hydrogen) atoms. The first-order chi connectivity index (χ1) is 11.5. The Kier molecular flexibility index (Phi) is 4.63. The number of rotatable bonds is 5. The van der Waals surface area contributed by atoms with Crippen LogP contribution < -0.4 is 5.32 Å². The highest BCUT2D eigenvalue weighted by molar-refractivity contribution is 8.01. The van der Waals surface area contributed by atoms with Crippen LogP contribution in [0.5, 0.6) is 0 Å². The van der Waals surface area contributed by atoms with Crippen LogP contribution >= 0.6 is 23.1 Å². The van der Waals surface area contributed by atoms with Crippen LogP contribution in [0, 0.1) is 0 Å². The molecule has 2 heterocycles. The van der Waals surface area contributed by atoms with Crippen LogP contribution in [0.25, 0.3) is 0 Å². The van der Waals surface area contributed by atoms with Gasteiger partial charge in [-0.1, -0.05) is 42.2 Å². The lowest BCUT2D eigenvalue weighted by molar-refractivity contribution is -0.119. The summed E-state index contributed by atoms with van der Waals surface area (Å²) in [6.07, 6.45) is 0. The molecule has 1 aliphatic rings. The van der Waals surface area contributed by atoms with Gasteiger partial charge in [-0.25, -0.2) is 0 Å². The van der Waals surface area contributed by atoms with Crippen molar-refractivity contribution in [3.63, 3.8) is 0 Å². The first kappa shape index (κ1) is 16.6. The van der Waals surface area contributed by atoms with Gasteiger partial charge >= 0.3 is 0 Å². The number of thioether (sulfide) groups is 1. The van der Waals surface area contributed by atoms with Crippen LogP contribution in [-0.4, -0.2) is 44.6 Å². The number of nitrogens with one attached hydrogen (secondary N) is 1. The fourth-order valence-corrected chi connectivity index (χ4v) is 3.98. The summed E-state index contributed by atoms with van der Waals surface area (Å²) in [6, 6.07) is 5.60. The summed E-state index contributed by atoms with van der Waals surface area (Å²) < 4.78 is 0.751. The van der Waals surface area contributed by atoms with Gasteiger partial charge in [-0.15, -0.1) is 10.2 Å². The Morgan fingerprint density at radius 2 is 1.88 bits per heavy atom.